The largest absolute Gasteiger partial charge is 0.481 e. The lowest BCUT2D eigenvalue weighted by Gasteiger charge is -2.42. The van der Waals surface area contributed by atoms with Crippen LogP contribution in [0.2, 0.25) is 0 Å². The van der Waals surface area contributed by atoms with Crippen LogP contribution < -0.4 is 0 Å². The smallest absolute Gasteiger partial charge is 0.320 e. The normalized spacial score (nSPS) is 25.0. The maximum Gasteiger partial charge on any atom is 0.320 e. The van der Waals surface area contributed by atoms with E-state index in [9.17, 15) is 19.8 Å². The van der Waals surface area contributed by atoms with E-state index in [1.165, 1.54) is 0 Å². The van der Waals surface area contributed by atoms with Gasteiger partial charge in [0.15, 0.2) is 0 Å². The Hall–Kier alpha value is -1.30. The minimum absolute atomic E-state index is 0.00668. The summed E-state index contributed by atoms with van der Waals surface area (Å²) in [5, 5.41) is 18.9. The summed E-state index contributed by atoms with van der Waals surface area (Å²) in [5.41, 5.74) is -0.808. The zero-order chi connectivity index (χ0) is 15.6. The van der Waals surface area contributed by atoms with E-state index in [4.69, 9.17) is 0 Å². The van der Waals surface area contributed by atoms with Gasteiger partial charge in [-0.3, -0.25) is 4.79 Å². The van der Waals surface area contributed by atoms with Gasteiger partial charge in [0.25, 0.3) is 0 Å². The summed E-state index contributed by atoms with van der Waals surface area (Å²) >= 11 is 0. The Bertz CT molecular complexity index is 402. The van der Waals surface area contributed by atoms with Gasteiger partial charge in [-0.25, -0.2) is 4.79 Å². The fourth-order valence-electron chi connectivity index (χ4n) is 3.17. The maximum atomic E-state index is 12.5. The van der Waals surface area contributed by atoms with Gasteiger partial charge in [0.05, 0.1) is 11.5 Å². The first kappa shape index (κ1) is 16.1. The molecule has 0 aliphatic carbocycles. The van der Waals surface area contributed by atoms with Crippen LogP contribution in [0, 0.1) is 11.3 Å². The van der Waals surface area contributed by atoms with Crippen molar-refractivity contribution in [3.63, 3.8) is 0 Å². The zero-order valence-corrected chi connectivity index (χ0v) is 12.9. The van der Waals surface area contributed by atoms with Crippen molar-refractivity contribution in [2.45, 2.75) is 45.6 Å². The molecule has 0 spiro atoms. The fraction of sp³-hybridized carbons (Fsp3) is 0.867. The molecule has 0 saturated carbocycles. The van der Waals surface area contributed by atoms with Gasteiger partial charge in [-0.1, -0.05) is 0 Å². The van der Waals surface area contributed by atoms with Crippen LogP contribution in [0.5, 0.6) is 0 Å². The average Bonchev–Trinajstić information content (AvgIpc) is 2.47. The molecule has 1 unspecified atom stereocenters. The number of carbonyl (C=O) groups excluding carboxylic acids is 1. The SMILES string of the molecule is CC(C)(C(=O)O)C1CCCN(C(=O)N2CCC(O)CC2)C1. The van der Waals surface area contributed by atoms with Crippen molar-refractivity contribution >= 4 is 12.0 Å². The standard InChI is InChI=1S/C15H26N2O4/c1-15(2,13(19)20)11-4-3-7-17(10-11)14(21)16-8-5-12(18)6-9-16/h11-12,18H,3-10H2,1-2H3,(H,19,20). The Morgan fingerprint density at radius 3 is 2.24 bits per heavy atom. The zero-order valence-electron chi connectivity index (χ0n) is 12.9. The number of carboxylic acid groups (broad SMARTS) is 1. The number of carboxylic acids is 1. The van der Waals surface area contributed by atoms with Crippen molar-refractivity contribution in [2.24, 2.45) is 11.3 Å². The molecule has 2 aliphatic rings. The Kier molecular flexibility index (Phi) is 4.76. The molecule has 0 bridgehead atoms. The molecule has 1 atom stereocenters. The highest BCUT2D eigenvalue weighted by molar-refractivity contribution is 5.76. The van der Waals surface area contributed by atoms with Crippen LogP contribution in [0.1, 0.15) is 39.5 Å². The third kappa shape index (κ3) is 3.48. The van der Waals surface area contributed by atoms with Crippen LogP contribution in [0.15, 0.2) is 0 Å². The lowest BCUT2D eigenvalue weighted by atomic mass is 9.74. The molecule has 2 fully saturated rings. The molecule has 0 aromatic rings. The van der Waals surface area contributed by atoms with Gasteiger partial charge in [-0.15, -0.1) is 0 Å². The second kappa shape index (κ2) is 6.22. The summed E-state index contributed by atoms with van der Waals surface area (Å²) < 4.78 is 0. The number of rotatable bonds is 2. The van der Waals surface area contributed by atoms with E-state index in [1.807, 2.05) is 0 Å². The predicted octanol–water partition coefficient (Wildman–Crippen LogP) is 1.39. The van der Waals surface area contributed by atoms with Crippen molar-refractivity contribution in [3.8, 4) is 0 Å². The average molecular weight is 298 g/mol. The van der Waals surface area contributed by atoms with Crippen LogP contribution in [0.25, 0.3) is 0 Å². The first-order chi connectivity index (χ1) is 9.82. The third-order valence-electron chi connectivity index (χ3n) is 5.00. The molecule has 2 N–H and O–H groups in total. The van der Waals surface area contributed by atoms with Crippen LogP contribution >= 0.6 is 0 Å². The van der Waals surface area contributed by atoms with Crippen LogP contribution in [0.3, 0.4) is 0 Å². The van der Waals surface area contributed by atoms with Gasteiger partial charge in [0.2, 0.25) is 0 Å². The third-order valence-corrected chi connectivity index (χ3v) is 5.00. The number of piperidine rings is 2. The number of nitrogens with zero attached hydrogens (tertiary/aromatic N) is 2. The van der Waals surface area contributed by atoms with Crippen molar-refractivity contribution in [3.05, 3.63) is 0 Å². The topological polar surface area (TPSA) is 81.1 Å². The molecule has 21 heavy (non-hydrogen) atoms. The van der Waals surface area contributed by atoms with Gasteiger partial charge in [-0.2, -0.15) is 0 Å². The second-order valence-electron chi connectivity index (χ2n) is 6.81. The predicted molar refractivity (Wildman–Crippen MR) is 77.9 cm³/mol. The molecule has 2 saturated heterocycles. The number of carbonyl (C=O) groups is 2. The van der Waals surface area contributed by atoms with Crippen LogP contribution in [0.4, 0.5) is 4.79 Å². The highest BCUT2D eigenvalue weighted by Gasteiger charge is 2.40. The lowest BCUT2D eigenvalue weighted by molar-refractivity contribution is -0.151. The Balaban J connectivity index is 1.97. The number of urea groups is 1. The summed E-state index contributed by atoms with van der Waals surface area (Å²) in [5.74, 6) is -0.814. The fourth-order valence-corrected chi connectivity index (χ4v) is 3.17. The molecule has 0 aromatic carbocycles. The minimum atomic E-state index is -0.808. The number of amides is 2. The molecular weight excluding hydrogens is 272 g/mol. The molecule has 6 nitrogen and oxygen atoms in total. The van der Waals surface area contributed by atoms with E-state index in [0.29, 0.717) is 39.0 Å². The number of aliphatic carboxylic acids is 1. The minimum Gasteiger partial charge on any atom is -0.481 e. The van der Waals surface area contributed by atoms with Crippen LogP contribution in [-0.2, 0) is 4.79 Å². The van der Waals surface area contributed by atoms with Crippen molar-refractivity contribution in [1.29, 1.82) is 0 Å². The number of aliphatic hydroxyl groups excluding tert-OH is 1. The van der Waals surface area contributed by atoms with E-state index in [0.717, 1.165) is 12.8 Å². The highest BCUT2D eigenvalue weighted by atomic mass is 16.4. The number of hydrogen-bond acceptors (Lipinski definition) is 3. The number of likely N-dealkylation sites (tertiary alicyclic amines) is 2. The van der Waals surface area contributed by atoms with Gasteiger partial charge >= 0.3 is 12.0 Å². The first-order valence-corrected chi connectivity index (χ1v) is 7.77. The molecule has 2 rings (SSSR count). The Labute approximate surface area is 125 Å². The van der Waals surface area contributed by atoms with E-state index >= 15 is 0 Å². The summed E-state index contributed by atoms with van der Waals surface area (Å²) in [7, 11) is 0. The van der Waals surface area contributed by atoms with Gasteiger partial charge in [-0.05, 0) is 45.4 Å². The number of aliphatic hydroxyl groups is 1. The molecule has 120 valence electrons. The van der Waals surface area contributed by atoms with Gasteiger partial charge in [0.1, 0.15) is 0 Å². The van der Waals surface area contributed by atoms with E-state index in [1.54, 1.807) is 23.6 Å². The lowest BCUT2D eigenvalue weighted by Crippen LogP contribution is -2.52. The van der Waals surface area contributed by atoms with Crippen molar-refractivity contribution in [2.75, 3.05) is 26.2 Å². The first-order valence-electron chi connectivity index (χ1n) is 7.77. The molecule has 2 amide bonds. The highest BCUT2D eigenvalue weighted by Crippen LogP contribution is 2.34. The molecular formula is C15H26N2O4. The molecule has 6 heteroatoms. The van der Waals surface area contributed by atoms with E-state index in [-0.39, 0.29) is 18.1 Å². The van der Waals surface area contributed by atoms with Gasteiger partial charge < -0.3 is 20.0 Å². The van der Waals surface area contributed by atoms with Crippen molar-refractivity contribution < 1.29 is 19.8 Å². The molecule has 0 aromatic heterocycles. The van der Waals surface area contributed by atoms with Crippen molar-refractivity contribution in [1.82, 2.24) is 9.80 Å². The Morgan fingerprint density at radius 1 is 1.05 bits per heavy atom. The molecule has 0 radical (unpaired) electrons. The summed E-state index contributed by atoms with van der Waals surface area (Å²) in [6, 6.07) is -0.00668. The molecule has 2 aliphatic heterocycles. The van der Waals surface area contributed by atoms with E-state index < -0.39 is 11.4 Å². The van der Waals surface area contributed by atoms with Crippen LogP contribution in [-0.4, -0.2) is 64.3 Å². The number of hydrogen-bond donors (Lipinski definition) is 2. The van der Waals surface area contributed by atoms with Gasteiger partial charge in [0, 0.05) is 26.2 Å². The molecule has 2 heterocycles. The Morgan fingerprint density at radius 2 is 1.67 bits per heavy atom. The van der Waals surface area contributed by atoms with E-state index in [2.05, 4.69) is 0 Å². The quantitative estimate of drug-likeness (QED) is 0.807. The summed E-state index contributed by atoms with van der Waals surface area (Å²) in [6.45, 7) is 5.87. The monoisotopic (exact) mass is 298 g/mol. The maximum absolute atomic E-state index is 12.5. The summed E-state index contributed by atoms with van der Waals surface area (Å²) in [6.07, 6.45) is 2.66. The second-order valence-corrected chi connectivity index (χ2v) is 6.81. The summed E-state index contributed by atoms with van der Waals surface area (Å²) in [4.78, 5) is 27.5.